The molecule has 1 atom stereocenters. The largest absolute Gasteiger partial charge is 0.464 e. The van der Waals surface area contributed by atoms with Crippen LogP contribution in [0.25, 0.3) is 10.8 Å². The van der Waals surface area contributed by atoms with E-state index in [0.717, 1.165) is 16.3 Å². The molecule has 18 heavy (non-hydrogen) atoms. The lowest BCUT2D eigenvalue weighted by Crippen LogP contribution is -2.09. The van der Waals surface area contributed by atoms with Crippen molar-refractivity contribution in [2.75, 3.05) is 6.61 Å². The Morgan fingerprint density at radius 3 is 2.72 bits per heavy atom. The molecule has 0 amide bonds. The highest BCUT2D eigenvalue weighted by molar-refractivity contribution is 5.86. The van der Waals surface area contributed by atoms with Crippen molar-refractivity contribution < 1.29 is 9.53 Å². The van der Waals surface area contributed by atoms with Crippen LogP contribution in [-0.4, -0.2) is 12.6 Å². The predicted octanol–water partition coefficient (Wildman–Crippen LogP) is 3.01. The molecule has 0 aliphatic heterocycles. The summed E-state index contributed by atoms with van der Waals surface area (Å²) in [6, 6.07) is 15.9. The number of carbonyl (C=O) groups excluding carboxylic acids is 1. The van der Waals surface area contributed by atoms with Gasteiger partial charge in [0.15, 0.2) is 0 Å². The van der Waals surface area contributed by atoms with Crippen molar-refractivity contribution in [1.29, 1.82) is 5.26 Å². The molecule has 2 rings (SSSR count). The monoisotopic (exact) mass is 239 g/mol. The third-order valence-electron chi connectivity index (χ3n) is 2.81. The normalized spacial score (nSPS) is 11.8. The van der Waals surface area contributed by atoms with Gasteiger partial charge >= 0.3 is 5.97 Å². The van der Waals surface area contributed by atoms with Crippen molar-refractivity contribution in [3.8, 4) is 6.07 Å². The number of ether oxygens (including phenoxy) is 1. The van der Waals surface area contributed by atoms with E-state index in [1.165, 1.54) is 6.92 Å². The molecule has 90 valence electrons. The average Bonchev–Trinajstić information content (AvgIpc) is 2.39. The summed E-state index contributed by atoms with van der Waals surface area (Å²) >= 11 is 0. The molecule has 0 aromatic heterocycles. The Morgan fingerprint density at radius 1 is 1.28 bits per heavy atom. The summed E-state index contributed by atoms with van der Waals surface area (Å²) in [6.07, 6.45) is 0. The summed E-state index contributed by atoms with van der Waals surface area (Å²) in [5.74, 6) is -0.796. The van der Waals surface area contributed by atoms with Gasteiger partial charge in [-0.2, -0.15) is 5.26 Å². The quantitative estimate of drug-likeness (QED) is 0.773. The number of hydrogen-bond acceptors (Lipinski definition) is 3. The molecule has 0 bridgehead atoms. The first-order chi connectivity index (χ1) is 8.72. The standard InChI is InChI=1S/C15H13NO2/c1-11(17)18-10-13(9-16)15-8-4-6-12-5-2-3-7-14(12)15/h2-8,13H,10H2,1H3/t13-/m0/s1. The van der Waals surface area contributed by atoms with E-state index in [4.69, 9.17) is 4.74 Å². The zero-order valence-corrected chi connectivity index (χ0v) is 10.1. The fourth-order valence-corrected chi connectivity index (χ4v) is 1.95. The lowest BCUT2D eigenvalue weighted by atomic mass is 9.95. The van der Waals surface area contributed by atoms with Gasteiger partial charge in [-0.3, -0.25) is 4.79 Å². The first kappa shape index (κ1) is 12.1. The van der Waals surface area contributed by atoms with Gasteiger partial charge in [-0.05, 0) is 16.3 Å². The zero-order chi connectivity index (χ0) is 13.0. The Kier molecular flexibility index (Phi) is 3.59. The molecule has 2 aromatic rings. The Hall–Kier alpha value is -2.34. The molecule has 3 heteroatoms. The van der Waals surface area contributed by atoms with Crippen LogP contribution in [0.2, 0.25) is 0 Å². The van der Waals surface area contributed by atoms with Gasteiger partial charge in [-0.1, -0.05) is 42.5 Å². The van der Waals surface area contributed by atoms with E-state index in [0.29, 0.717) is 0 Å². The van der Waals surface area contributed by atoms with Gasteiger partial charge in [-0.15, -0.1) is 0 Å². The number of nitrogens with zero attached hydrogens (tertiary/aromatic N) is 1. The topological polar surface area (TPSA) is 50.1 Å². The second-order valence-corrected chi connectivity index (χ2v) is 4.05. The fourth-order valence-electron chi connectivity index (χ4n) is 1.95. The maximum Gasteiger partial charge on any atom is 0.302 e. The van der Waals surface area contributed by atoms with Gasteiger partial charge < -0.3 is 4.74 Å². The summed E-state index contributed by atoms with van der Waals surface area (Å²) in [5, 5.41) is 11.3. The first-order valence-electron chi connectivity index (χ1n) is 5.73. The van der Waals surface area contributed by atoms with E-state index in [1.54, 1.807) is 0 Å². The van der Waals surface area contributed by atoms with E-state index in [9.17, 15) is 10.1 Å². The second kappa shape index (κ2) is 5.33. The highest BCUT2D eigenvalue weighted by Gasteiger charge is 2.14. The highest BCUT2D eigenvalue weighted by atomic mass is 16.5. The van der Waals surface area contributed by atoms with Crippen LogP contribution < -0.4 is 0 Å². The Balaban J connectivity index is 2.39. The molecule has 3 nitrogen and oxygen atoms in total. The van der Waals surface area contributed by atoms with Crippen LogP contribution in [0.4, 0.5) is 0 Å². The lowest BCUT2D eigenvalue weighted by molar-refractivity contribution is -0.141. The maximum absolute atomic E-state index is 10.8. The van der Waals surface area contributed by atoms with Crippen LogP contribution >= 0.6 is 0 Å². The van der Waals surface area contributed by atoms with Crippen LogP contribution in [0.5, 0.6) is 0 Å². The van der Waals surface area contributed by atoms with Crippen LogP contribution in [0.15, 0.2) is 42.5 Å². The molecule has 0 aliphatic rings. The van der Waals surface area contributed by atoms with Crippen LogP contribution in [-0.2, 0) is 9.53 Å². The SMILES string of the molecule is CC(=O)OC[C@H](C#N)c1cccc2ccccc12. The molecule has 2 aromatic carbocycles. The number of fused-ring (bicyclic) bond motifs is 1. The first-order valence-corrected chi connectivity index (χ1v) is 5.73. The molecule has 0 unspecified atom stereocenters. The van der Waals surface area contributed by atoms with Gasteiger partial charge in [0.2, 0.25) is 0 Å². The average molecular weight is 239 g/mol. The van der Waals surface area contributed by atoms with Gasteiger partial charge in [-0.25, -0.2) is 0 Å². The van der Waals surface area contributed by atoms with Crippen LogP contribution in [0.3, 0.4) is 0 Å². The van der Waals surface area contributed by atoms with E-state index in [1.807, 2.05) is 42.5 Å². The summed E-state index contributed by atoms with van der Waals surface area (Å²) in [6.45, 7) is 1.44. The van der Waals surface area contributed by atoms with E-state index in [-0.39, 0.29) is 12.6 Å². The van der Waals surface area contributed by atoms with Crippen LogP contribution in [0.1, 0.15) is 18.4 Å². The van der Waals surface area contributed by atoms with Crippen molar-refractivity contribution in [2.45, 2.75) is 12.8 Å². The van der Waals surface area contributed by atoms with Gasteiger partial charge in [0, 0.05) is 6.92 Å². The zero-order valence-electron chi connectivity index (χ0n) is 10.1. The molecule has 0 saturated heterocycles. The molecule has 0 spiro atoms. The molecule has 0 fully saturated rings. The molecular weight excluding hydrogens is 226 g/mol. The van der Waals surface area contributed by atoms with Crippen molar-refractivity contribution in [2.24, 2.45) is 0 Å². The predicted molar refractivity (Wildman–Crippen MR) is 68.9 cm³/mol. The summed E-state index contributed by atoms with van der Waals surface area (Å²) in [4.78, 5) is 10.8. The molecule has 0 heterocycles. The molecule has 0 saturated carbocycles. The Labute approximate surface area is 106 Å². The van der Waals surface area contributed by atoms with E-state index in [2.05, 4.69) is 6.07 Å². The smallest absolute Gasteiger partial charge is 0.302 e. The van der Waals surface area contributed by atoms with E-state index < -0.39 is 5.92 Å². The van der Waals surface area contributed by atoms with Gasteiger partial charge in [0.1, 0.15) is 12.5 Å². The van der Waals surface area contributed by atoms with Crippen molar-refractivity contribution in [1.82, 2.24) is 0 Å². The summed E-state index contributed by atoms with van der Waals surface area (Å²) in [7, 11) is 0. The second-order valence-electron chi connectivity index (χ2n) is 4.05. The number of nitriles is 1. The number of esters is 1. The number of hydrogen-bond donors (Lipinski definition) is 0. The van der Waals surface area contributed by atoms with Crippen molar-refractivity contribution >= 4 is 16.7 Å². The molecular formula is C15H13NO2. The van der Waals surface area contributed by atoms with Crippen LogP contribution in [0, 0.1) is 11.3 Å². The van der Waals surface area contributed by atoms with Crippen molar-refractivity contribution in [3.05, 3.63) is 48.0 Å². The van der Waals surface area contributed by atoms with Gasteiger partial charge in [0.05, 0.1) is 6.07 Å². The minimum absolute atomic E-state index is 0.0971. The highest BCUT2D eigenvalue weighted by Crippen LogP contribution is 2.25. The van der Waals surface area contributed by atoms with Gasteiger partial charge in [0.25, 0.3) is 0 Å². The number of carbonyl (C=O) groups is 1. The Bertz CT molecular complexity index is 608. The summed E-state index contributed by atoms with van der Waals surface area (Å²) in [5.41, 5.74) is 0.900. The minimum Gasteiger partial charge on any atom is -0.464 e. The van der Waals surface area contributed by atoms with Crippen molar-refractivity contribution in [3.63, 3.8) is 0 Å². The third-order valence-corrected chi connectivity index (χ3v) is 2.81. The molecule has 0 radical (unpaired) electrons. The molecule has 0 N–H and O–H groups in total. The van der Waals surface area contributed by atoms with E-state index >= 15 is 0 Å². The minimum atomic E-state index is -0.431. The Morgan fingerprint density at radius 2 is 2.00 bits per heavy atom. The molecule has 0 aliphatic carbocycles. The maximum atomic E-state index is 10.8. The lowest BCUT2D eigenvalue weighted by Gasteiger charge is -2.12. The fraction of sp³-hybridized carbons (Fsp3) is 0.200. The number of rotatable bonds is 3. The summed E-state index contributed by atoms with van der Waals surface area (Å²) < 4.78 is 4.94. The number of benzene rings is 2. The third kappa shape index (κ3) is 2.49.